The predicted octanol–water partition coefficient (Wildman–Crippen LogP) is 3.35. The topological polar surface area (TPSA) is 64.6 Å². The molecule has 0 heterocycles. The largest absolute Gasteiger partial charge is 0.482 e. The number of anilines is 1. The molecule has 0 radical (unpaired) electrons. The Labute approximate surface area is 153 Å². The molecule has 0 saturated carbocycles. The summed E-state index contributed by atoms with van der Waals surface area (Å²) in [5, 5.41) is 2.76. The molecule has 0 fully saturated rings. The summed E-state index contributed by atoms with van der Waals surface area (Å²) < 4.78 is 10.5. The monoisotopic (exact) mass is 353 g/mol. The number of fused-ring (bicyclic) bond motifs is 1. The highest BCUT2D eigenvalue weighted by molar-refractivity contribution is 5.93. The minimum atomic E-state index is -0.574. The zero-order valence-corrected chi connectivity index (χ0v) is 15.1. The van der Waals surface area contributed by atoms with E-state index in [1.807, 2.05) is 44.2 Å². The Morgan fingerprint density at radius 3 is 2.69 bits per heavy atom. The van der Waals surface area contributed by atoms with Crippen molar-refractivity contribution >= 4 is 17.6 Å². The van der Waals surface area contributed by atoms with E-state index in [-0.39, 0.29) is 19.1 Å². The maximum Gasteiger partial charge on any atom is 0.344 e. The predicted molar refractivity (Wildman–Crippen MR) is 99.5 cm³/mol. The van der Waals surface area contributed by atoms with Crippen LogP contribution in [0.4, 0.5) is 5.69 Å². The zero-order valence-electron chi connectivity index (χ0n) is 15.1. The third-order valence-corrected chi connectivity index (χ3v) is 4.65. The number of amides is 1. The van der Waals surface area contributed by atoms with Crippen molar-refractivity contribution in [2.75, 3.05) is 18.5 Å². The van der Waals surface area contributed by atoms with Crippen LogP contribution in [0.2, 0.25) is 0 Å². The summed E-state index contributed by atoms with van der Waals surface area (Å²) >= 11 is 0. The van der Waals surface area contributed by atoms with E-state index in [1.54, 1.807) is 6.07 Å². The van der Waals surface area contributed by atoms with Crippen LogP contribution in [-0.4, -0.2) is 25.1 Å². The molecule has 1 aliphatic carbocycles. The van der Waals surface area contributed by atoms with Crippen LogP contribution in [0, 0.1) is 13.8 Å². The summed E-state index contributed by atoms with van der Waals surface area (Å²) in [6.07, 6.45) is 3.30. The number of nitrogens with one attached hydrogen (secondary N) is 1. The second-order valence-electron chi connectivity index (χ2n) is 6.53. The van der Waals surface area contributed by atoms with Crippen LogP contribution in [0.1, 0.15) is 28.7 Å². The van der Waals surface area contributed by atoms with Gasteiger partial charge in [-0.15, -0.1) is 0 Å². The highest BCUT2D eigenvalue weighted by Gasteiger charge is 2.13. The molecule has 0 aliphatic heterocycles. The molecule has 0 unspecified atom stereocenters. The Bertz CT molecular complexity index is 829. The molecule has 0 saturated heterocycles. The van der Waals surface area contributed by atoms with E-state index < -0.39 is 5.97 Å². The first kappa shape index (κ1) is 18.0. The number of carbonyl (C=O) groups excluding carboxylic acids is 2. The molecule has 2 aromatic rings. The maximum absolute atomic E-state index is 12.0. The van der Waals surface area contributed by atoms with Crippen molar-refractivity contribution in [1.82, 2.24) is 0 Å². The van der Waals surface area contributed by atoms with Crippen LogP contribution in [0.5, 0.6) is 5.75 Å². The molecule has 1 N–H and O–H groups in total. The number of benzene rings is 2. The quantitative estimate of drug-likeness (QED) is 0.809. The summed E-state index contributed by atoms with van der Waals surface area (Å²) in [7, 11) is 0. The van der Waals surface area contributed by atoms with Crippen molar-refractivity contribution < 1.29 is 19.1 Å². The second kappa shape index (κ2) is 8.04. The van der Waals surface area contributed by atoms with Gasteiger partial charge in [0.2, 0.25) is 0 Å². The number of hydrogen-bond acceptors (Lipinski definition) is 4. The Kier molecular flexibility index (Phi) is 5.56. The number of carbonyl (C=O) groups is 2. The molecule has 2 aromatic carbocycles. The Morgan fingerprint density at radius 2 is 1.85 bits per heavy atom. The van der Waals surface area contributed by atoms with Gasteiger partial charge in [0.15, 0.2) is 13.2 Å². The highest BCUT2D eigenvalue weighted by Crippen LogP contribution is 2.25. The minimum Gasteiger partial charge on any atom is -0.482 e. The van der Waals surface area contributed by atoms with Gasteiger partial charge >= 0.3 is 5.97 Å². The van der Waals surface area contributed by atoms with E-state index in [0.717, 1.165) is 36.1 Å². The molecular formula is C21H23NO4. The van der Waals surface area contributed by atoms with E-state index in [1.165, 1.54) is 11.1 Å². The molecule has 0 bridgehead atoms. The molecule has 0 atom stereocenters. The lowest BCUT2D eigenvalue weighted by Crippen LogP contribution is -2.23. The lowest BCUT2D eigenvalue weighted by molar-refractivity contribution is -0.149. The molecule has 5 nitrogen and oxygen atoms in total. The lowest BCUT2D eigenvalue weighted by Gasteiger charge is -2.11. The van der Waals surface area contributed by atoms with Gasteiger partial charge in [0.1, 0.15) is 5.75 Å². The molecule has 26 heavy (non-hydrogen) atoms. The summed E-state index contributed by atoms with van der Waals surface area (Å²) in [5.74, 6) is -0.289. The molecule has 1 aliphatic rings. The zero-order chi connectivity index (χ0) is 18.5. The first-order chi connectivity index (χ1) is 12.5. The number of rotatable bonds is 6. The number of ether oxygens (including phenoxy) is 2. The summed E-state index contributed by atoms with van der Waals surface area (Å²) in [5.41, 5.74) is 5.43. The SMILES string of the molecule is Cc1cccc(OCC(=O)OCC(=O)Nc2ccc3c(c2)CCC3)c1C. The minimum absolute atomic E-state index is 0.226. The van der Waals surface area contributed by atoms with Crippen LogP contribution in [0.15, 0.2) is 36.4 Å². The standard InChI is InChI=1S/C21H23NO4/c1-14-5-3-8-19(15(14)2)25-13-21(24)26-12-20(23)22-18-10-9-16-6-4-7-17(16)11-18/h3,5,8-11H,4,6-7,12-13H2,1-2H3,(H,22,23). The van der Waals surface area contributed by atoms with Crippen molar-refractivity contribution in [3.8, 4) is 5.75 Å². The van der Waals surface area contributed by atoms with Crippen LogP contribution >= 0.6 is 0 Å². The first-order valence-corrected chi connectivity index (χ1v) is 8.79. The smallest absolute Gasteiger partial charge is 0.344 e. The van der Waals surface area contributed by atoms with Gasteiger partial charge in [-0.2, -0.15) is 0 Å². The van der Waals surface area contributed by atoms with Crippen molar-refractivity contribution in [2.45, 2.75) is 33.1 Å². The van der Waals surface area contributed by atoms with Gasteiger partial charge in [0.05, 0.1) is 0 Å². The number of esters is 1. The second-order valence-corrected chi connectivity index (χ2v) is 6.53. The molecule has 1 amide bonds. The average Bonchev–Trinajstić information content (AvgIpc) is 3.09. The lowest BCUT2D eigenvalue weighted by atomic mass is 10.1. The van der Waals surface area contributed by atoms with Crippen molar-refractivity contribution in [3.63, 3.8) is 0 Å². The van der Waals surface area contributed by atoms with Gasteiger partial charge in [0.25, 0.3) is 5.91 Å². The fraction of sp³-hybridized carbons (Fsp3) is 0.333. The molecule has 136 valence electrons. The van der Waals surface area contributed by atoms with E-state index in [2.05, 4.69) is 5.32 Å². The molecule has 3 rings (SSSR count). The van der Waals surface area contributed by atoms with Gasteiger partial charge in [-0.25, -0.2) is 4.79 Å². The van der Waals surface area contributed by atoms with Crippen LogP contribution in [0.25, 0.3) is 0 Å². The summed E-state index contributed by atoms with van der Waals surface area (Å²) in [6, 6.07) is 11.6. The van der Waals surface area contributed by atoms with Crippen LogP contribution in [-0.2, 0) is 27.2 Å². The van der Waals surface area contributed by atoms with E-state index in [4.69, 9.17) is 9.47 Å². The van der Waals surface area contributed by atoms with E-state index in [9.17, 15) is 9.59 Å². The normalized spacial score (nSPS) is 12.4. The van der Waals surface area contributed by atoms with Crippen molar-refractivity contribution in [2.24, 2.45) is 0 Å². The fourth-order valence-corrected chi connectivity index (χ4v) is 3.05. The molecular weight excluding hydrogens is 330 g/mol. The third-order valence-electron chi connectivity index (χ3n) is 4.65. The first-order valence-electron chi connectivity index (χ1n) is 8.79. The summed E-state index contributed by atoms with van der Waals surface area (Å²) in [6.45, 7) is 3.35. The average molecular weight is 353 g/mol. The van der Waals surface area contributed by atoms with E-state index >= 15 is 0 Å². The van der Waals surface area contributed by atoms with Gasteiger partial charge < -0.3 is 14.8 Å². The van der Waals surface area contributed by atoms with Crippen molar-refractivity contribution in [1.29, 1.82) is 0 Å². The Hall–Kier alpha value is -2.82. The molecule has 0 aromatic heterocycles. The van der Waals surface area contributed by atoms with Crippen molar-refractivity contribution in [3.05, 3.63) is 58.7 Å². The van der Waals surface area contributed by atoms with Crippen LogP contribution < -0.4 is 10.1 Å². The van der Waals surface area contributed by atoms with E-state index in [0.29, 0.717) is 5.75 Å². The fourth-order valence-electron chi connectivity index (χ4n) is 3.05. The number of aryl methyl sites for hydroxylation is 3. The molecule has 5 heteroatoms. The number of hydrogen-bond donors (Lipinski definition) is 1. The van der Waals surface area contributed by atoms with Crippen LogP contribution in [0.3, 0.4) is 0 Å². The highest BCUT2D eigenvalue weighted by atomic mass is 16.6. The van der Waals surface area contributed by atoms with Gasteiger partial charge in [-0.1, -0.05) is 18.2 Å². The third kappa shape index (κ3) is 4.42. The van der Waals surface area contributed by atoms with Gasteiger partial charge in [-0.3, -0.25) is 4.79 Å². The van der Waals surface area contributed by atoms with Gasteiger partial charge in [-0.05, 0) is 73.6 Å². The maximum atomic E-state index is 12.0. The molecule has 0 spiro atoms. The summed E-state index contributed by atoms with van der Waals surface area (Å²) in [4.78, 5) is 23.8. The van der Waals surface area contributed by atoms with Gasteiger partial charge in [0, 0.05) is 5.69 Å². The Balaban J connectivity index is 1.44. The Morgan fingerprint density at radius 1 is 1.04 bits per heavy atom.